The van der Waals surface area contributed by atoms with Crippen LogP contribution in [0.3, 0.4) is 0 Å². The zero-order valence-corrected chi connectivity index (χ0v) is 13.3. The monoisotopic (exact) mass is 341 g/mol. The Kier molecular flexibility index (Phi) is 5.86. The number of morpholine rings is 1. The van der Waals surface area contributed by atoms with E-state index in [1.54, 1.807) is 4.90 Å². The number of hydrogen-bond donors (Lipinski definition) is 0. The fourth-order valence-electron chi connectivity index (χ4n) is 2.15. The molecule has 4 nitrogen and oxygen atoms in total. The molecule has 1 aromatic carbocycles. The lowest BCUT2D eigenvalue weighted by atomic mass is 10.1. The van der Waals surface area contributed by atoms with Crippen LogP contribution in [0.2, 0.25) is 0 Å². The second-order valence-corrected chi connectivity index (χ2v) is 5.65. The van der Waals surface area contributed by atoms with Crippen LogP contribution in [0.25, 0.3) is 0 Å². The van der Waals surface area contributed by atoms with E-state index in [1.165, 1.54) is 5.56 Å². The highest BCUT2D eigenvalue weighted by molar-refractivity contribution is 9.10. The van der Waals surface area contributed by atoms with E-state index >= 15 is 0 Å². The van der Waals surface area contributed by atoms with Gasteiger partial charge in [0.1, 0.15) is 5.75 Å². The summed E-state index contributed by atoms with van der Waals surface area (Å²) in [5.74, 6) is 0.726. The van der Waals surface area contributed by atoms with Crippen LogP contribution in [0.15, 0.2) is 22.7 Å². The first-order valence-electron chi connectivity index (χ1n) is 6.97. The number of ether oxygens (including phenoxy) is 2. The first-order chi connectivity index (χ1) is 9.70. The van der Waals surface area contributed by atoms with E-state index in [1.807, 2.05) is 12.1 Å². The Labute approximate surface area is 128 Å². The van der Waals surface area contributed by atoms with Crippen LogP contribution in [0, 0.1) is 0 Å². The van der Waals surface area contributed by atoms with Gasteiger partial charge < -0.3 is 14.4 Å². The zero-order valence-electron chi connectivity index (χ0n) is 11.7. The van der Waals surface area contributed by atoms with Crippen LogP contribution in [0.4, 0.5) is 0 Å². The molecule has 0 aliphatic carbocycles. The molecule has 110 valence electrons. The number of hydrogen-bond acceptors (Lipinski definition) is 3. The minimum atomic E-state index is 0.0119. The Morgan fingerprint density at radius 3 is 2.80 bits per heavy atom. The fourth-order valence-corrected chi connectivity index (χ4v) is 2.69. The number of nitrogens with zero attached hydrogens (tertiary/aromatic N) is 1. The van der Waals surface area contributed by atoms with Crippen LogP contribution < -0.4 is 4.74 Å². The van der Waals surface area contributed by atoms with Gasteiger partial charge in [-0.25, -0.2) is 0 Å². The summed E-state index contributed by atoms with van der Waals surface area (Å²) in [6, 6.07) is 6.02. The second kappa shape index (κ2) is 7.64. The van der Waals surface area contributed by atoms with Gasteiger partial charge in [-0.1, -0.05) is 19.4 Å². The van der Waals surface area contributed by atoms with E-state index in [0.717, 1.165) is 17.3 Å². The molecule has 0 aromatic heterocycles. The highest BCUT2D eigenvalue weighted by Crippen LogP contribution is 2.26. The van der Waals surface area contributed by atoms with Crippen molar-refractivity contribution in [2.75, 3.05) is 32.9 Å². The number of rotatable bonds is 5. The molecular weight excluding hydrogens is 322 g/mol. The average molecular weight is 342 g/mol. The lowest BCUT2D eigenvalue weighted by Gasteiger charge is -2.26. The van der Waals surface area contributed by atoms with Gasteiger partial charge in [-0.2, -0.15) is 0 Å². The van der Waals surface area contributed by atoms with Gasteiger partial charge in [-0.3, -0.25) is 4.79 Å². The predicted molar refractivity (Wildman–Crippen MR) is 81.0 cm³/mol. The van der Waals surface area contributed by atoms with Crippen molar-refractivity contribution in [2.24, 2.45) is 0 Å². The first-order valence-corrected chi connectivity index (χ1v) is 7.76. The van der Waals surface area contributed by atoms with Crippen molar-refractivity contribution in [3.8, 4) is 5.75 Å². The van der Waals surface area contributed by atoms with Crippen LogP contribution >= 0.6 is 15.9 Å². The van der Waals surface area contributed by atoms with E-state index in [-0.39, 0.29) is 12.5 Å². The second-order valence-electron chi connectivity index (χ2n) is 4.80. The Morgan fingerprint density at radius 2 is 2.15 bits per heavy atom. The molecule has 1 aliphatic heterocycles. The quantitative estimate of drug-likeness (QED) is 0.826. The number of carbonyl (C=O) groups is 1. The number of aryl methyl sites for hydroxylation is 1. The molecule has 5 heteroatoms. The molecular formula is C15H20BrNO3. The number of carbonyl (C=O) groups excluding carboxylic acids is 1. The Bertz CT molecular complexity index is 458. The third-order valence-electron chi connectivity index (χ3n) is 3.25. The van der Waals surface area contributed by atoms with Gasteiger partial charge in [-0.05, 0) is 40.0 Å². The summed E-state index contributed by atoms with van der Waals surface area (Å²) in [4.78, 5) is 13.8. The van der Waals surface area contributed by atoms with Crippen molar-refractivity contribution >= 4 is 21.8 Å². The van der Waals surface area contributed by atoms with E-state index in [9.17, 15) is 4.79 Å². The van der Waals surface area contributed by atoms with Gasteiger partial charge >= 0.3 is 0 Å². The van der Waals surface area contributed by atoms with Crippen molar-refractivity contribution in [1.29, 1.82) is 0 Å². The standard InChI is InChI=1S/C15H20BrNO3/c1-2-3-12-4-5-14(13(16)10-12)20-11-15(18)17-6-8-19-9-7-17/h4-5,10H,2-3,6-9,11H2,1H3. The summed E-state index contributed by atoms with van der Waals surface area (Å²) in [6.07, 6.45) is 2.16. The summed E-state index contributed by atoms with van der Waals surface area (Å²) in [5, 5.41) is 0. The molecule has 1 aliphatic rings. The maximum absolute atomic E-state index is 12.0. The summed E-state index contributed by atoms with van der Waals surface area (Å²) in [6.45, 7) is 4.75. The SMILES string of the molecule is CCCc1ccc(OCC(=O)N2CCOCC2)c(Br)c1. The molecule has 0 unspecified atom stereocenters. The number of amides is 1. The van der Waals surface area contributed by atoms with Gasteiger partial charge in [0, 0.05) is 13.1 Å². The molecule has 2 rings (SSSR count). The largest absolute Gasteiger partial charge is 0.483 e. The minimum Gasteiger partial charge on any atom is -0.483 e. The molecule has 20 heavy (non-hydrogen) atoms. The summed E-state index contributed by atoms with van der Waals surface area (Å²) in [5.41, 5.74) is 1.27. The smallest absolute Gasteiger partial charge is 0.260 e. The Morgan fingerprint density at radius 1 is 1.40 bits per heavy atom. The van der Waals surface area contributed by atoms with Crippen LogP contribution in [0.1, 0.15) is 18.9 Å². The van der Waals surface area contributed by atoms with Gasteiger partial charge in [-0.15, -0.1) is 0 Å². The number of halogens is 1. The average Bonchev–Trinajstić information content (AvgIpc) is 2.47. The summed E-state index contributed by atoms with van der Waals surface area (Å²) >= 11 is 3.49. The van der Waals surface area contributed by atoms with E-state index in [4.69, 9.17) is 9.47 Å². The highest BCUT2D eigenvalue weighted by atomic mass is 79.9. The van der Waals surface area contributed by atoms with Crippen LogP contribution in [0.5, 0.6) is 5.75 Å². The number of benzene rings is 1. The zero-order chi connectivity index (χ0) is 14.4. The predicted octanol–water partition coefficient (Wildman–Crippen LogP) is 2.64. The van der Waals surface area contributed by atoms with E-state index in [2.05, 4.69) is 28.9 Å². The van der Waals surface area contributed by atoms with Crippen molar-refractivity contribution < 1.29 is 14.3 Å². The highest BCUT2D eigenvalue weighted by Gasteiger charge is 2.17. The van der Waals surface area contributed by atoms with Gasteiger partial charge in [0.25, 0.3) is 5.91 Å². The molecule has 0 spiro atoms. The molecule has 1 amide bonds. The molecule has 0 N–H and O–H groups in total. The summed E-state index contributed by atoms with van der Waals surface area (Å²) in [7, 11) is 0. The topological polar surface area (TPSA) is 38.8 Å². The summed E-state index contributed by atoms with van der Waals surface area (Å²) < 4.78 is 11.7. The molecule has 0 radical (unpaired) electrons. The van der Waals surface area contributed by atoms with E-state index < -0.39 is 0 Å². The molecule has 1 aromatic rings. The molecule has 0 atom stereocenters. The van der Waals surface area contributed by atoms with Gasteiger partial charge in [0.15, 0.2) is 6.61 Å². The normalized spacial score (nSPS) is 15.2. The van der Waals surface area contributed by atoms with Crippen molar-refractivity contribution in [3.63, 3.8) is 0 Å². The molecule has 0 bridgehead atoms. The Balaban J connectivity index is 1.88. The molecule has 1 heterocycles. The Hall–Kier alpha value is -1.07. The first kappa shape index (κ1) is 15.3. The van der Waals surface area contributed by atoms with Crippen LogP contribution in [-0.2, 0) is 16.0 Å². The van der Waals surface area contributed by atoms with Crippen LogP contribution in [-0.4, -0.2) is 43.7 Å². The van der Waals surface area contributed by atoms with Gasteiger partial charge in [0.05, 0.1) is 17.7 Å². The maximum Gasteiger partial charge on any atom is 0.260 e. The lowest BCUT2D eigenvalue weighted by molar-refractivity contribution is -0.137. The van der Waals surface area contributed by atoms with Crippen molar-refractivity contribution in [2.45, 2.75) is 19.8 Å². The van der Waals surface area contributed by atoms with E-state index in [0.29, 0.717) is 32.1 Å². The minimum absolute atomic E-state index is 0.0119. The molecule has 0 saturated carbocycles. The lowest BCUT2D eigenvalue weighted by Crippen LogP contribution is -2.43. The molecule has 1 fully saturated rings. The van der Waals surface area contributed by atoms with Crippen molar-refractivity contribution in [1.82, 2.24) is 4.90 Å². The molecule has 1 saturated heterocycles. The third-order valence-corrected chi connectivity index (χ3v) is 3.87. The fraction of sp³-hybridized carbons (Fsp3) is 0.533. The third kappa shape index (κ3) is 4.21. The van der Waals surface area contributed by atoms with Gasteiger partial charge in [0.2, 0.25) is 0 Å². The van der Waals surface area contributed by atoms with Crippen molar-refractivity contribution in [3.05, 3.63) is 28.2 Å². The maximum atomic E-state index is 12.0.